The molecule has 22 heavy (non-hydrogen) atoms. The molecule has 0 aliphatic carbocycles. The summed E-state index contributed by atoms with van der Waals surface area (Å²) in [5.41, 5.74) is 2.49. The zero-order valence-corrected chi connectivity index (χ0v) is 25.7. The minimum absolute atomic E-state index is 0.252. The molecular weight excluding hydrogens is 804 g/mol. The fraction of sp³-hybridized carbons (Fsp3) is 0.0769. The molecule has 0 spiro atoms. The molecular formula is C13H10OSe8. The molecule has 0 amide bonds. The first-order valence-corrected chi connectivity index (χ1v) is 13.5. The van der Waals surface area contributed by atoms with Crippen LogP contribution in [0.4, 0.5) is 0 Å². The standard InChI is InChI=1S/C13H10OSe8/c15-3-1-2-5(10(19)8(3)17)14-6-4(7(2)16)9(18)12(21)13(22)11(6)20/h1,7,15-22H. The van der Waals surface area contributed by atoms with Crippen LogP contribution in [-0.4, -0.2) is 128 Å². The Labute approximate surface area is 194 Å². The first kappa shape index (κ1) is 19.2. The Morgan fingerprint density at radius 1 is 0.682 bits per heavy atom. The van der Waals surface area contributed by atoms with E-state index >= 15 is 0 Å². The normalized spacial score (nSPS) is 16.1. The molecule has 3 rings (SSSR count). The Kier molecular flexibility index (Phi) is 6.26. The van der Waals surface area contributed by atoms with Gasteiger partial charge in [0.15, 0.2) is 0 Å². The Hall–Kier alpha value is 2.40. The number of ether oxygens (including phenoxy) is 1. The van der Waals surface area contributed by atoms with E-state index < -0.39 is 0 Å². The third kappa shape index (κ3) is 3.01. The fourth-order valence-electron chi connectivity index (χ4n) is 2.27. The van der Waals surface area contributed by atoms with Gasteiger partial charge in [0, 0.05) is 0 Å². The van der Waals surface area contributed by atoms with Crippen molar-refractivity contribution in [1.82, 2.24) is 0 Å². The summed E-state index contributed by atoms with van der Waals surface area (Å²) in [6.45, 7) is 0. The van der Waals surface area contributed by atoms with E-state index in [1.54, 1.807) is 0 Å². The van der Waals surface area contributed by atoms with E-state index in [1.165, 1.54) is 33.4 Å². The van der Waals surface area contributed by atoms with Gasteiger partial charge in [-0.25, -0.2) is 0 Å². The topological polar surface area (TPSA) is 9.23 Å². The number of fused-ring (bicyclic) bond motifs is 2. The van der Waals surface area contributed by atoms with E-state index in [9.17, 15) is 0 Å². The van der Waals surface area contributed by atoms with Crippen molar-refractivity contribution in [3.05, 3.63) is 17.2 Å². The first-order chi connectivity index (χ1) is 10.3. The van der Waals surface area contributed by atoms with Crippen LogP contribution in [0.25, 0.3) is 0 Å². The van der Waals surface area contributed by atoms with E-state index in [2.05, 4.69) is 134 Å². The van der Waals surface area contributed by atoms with Crippen molar-refractivity contribution < 1.29 is 4.74 Å². The number of rotatable bonds is 0. The molecule has 0 N–H and O–H groups in total. The van der Waals surface area contributed by atoms with Crippen LogP contribution in [0.2, 0.25) is 0 Å². The molecule has 1 nitrogen and oxygen atoms in total. The van der Waals surface area contributed by atoms with Crippen molar-refractivity contribution in [3.8, 4) is 11.5 Å². The molecule has 2 aromatic rings. The molecule has 1 heterocycles. The summed E-state index contributed by atoms with van der Waals surface area (Å²) in [6, 6.07) is 2.22. The molecule has 0 aromatic heterocycles. The second-order valence-electron chi connectivity index (χ2n) is 4.65. The average molecular weight is 814 g/mol. The predicted molar refractivity (Wildman–Crippen MR) is 109 cm³/mol. The zero-order valence-electron chi connectivity index (χ0n) is 10.6. The van der Waals surface area contributed by atoms with Gasteiger partial charge in [-0.3, -0.25) is 0 Å². The average Bonchev–Trinajstić information content (AvgIpc) is 2.49. The second kappa shape index (κ2) is 7.19. The summed E-state index contributed by atoms with van der Waals surface area (Å²) in [5.74, 6) is 1.96. The number of hydrogen-bond donors (Lipinski definition) is 0. The maximum absolute atomic E-state index is 6.38. The molecule has 9 heteroatoms. The van der Waals surface area contributed by atoms with Gasteiger partial charge in [-0.1, -0.05) is 0 Å². The Balaban J connectivity index is 2.35. The molecule has 2 aromatic carbocycles. The summed E-state index contributed by atoms with van der Waals surface area (Å²) < 4.78 is 14.8. The fourth-order valence-corrected chi connectivity index (χ4v) is 8.64. The van der Waals surface area contributed by atoms with Gasteiger partial charge in [0.2, 0.25) is 0 Å². The quantitative estimate of drug-likeness (QED) is 0.241. The van der Waals surface area contributed by atoms with Crippen LogP contribution in [0.3, 0.4) is 0 Å². The van der Waals surface area contributed by atoms with Gasteiger partial charge < -0.3 is 0 Å². The Morgan fingerprint density at radius 3 is 1.86 bits per heavy atom. The van der Waals surface area contributed by atoms with Crippen molar-refractivity contribution in [2.45, 2.75) is 4.82 Å². The SMILES string of the molecule is [SeH]c1cc2c(c([SeH])c1[SeH])Oc1c([SeH])c([SeH])c([SeH])c([SeH])c1C2[SeH]. The molecule has 1 aliphatic heterocycles. The van der Waals surface area contributed by atoms with Gasteiger partial charge >= 0.3 is 198 Å². The van der Waals surface area contributed by atoms with E-state index in [4.69, 9.17) is 4.74 Å². The van der Waals surface area contributed by atoms with Crippen LogP contribution in [-0.2, 0) is 0 Å². The van der Waals surface area contributed by atoms with Crippen molar-refractivity contribution in [2.24, 2.45) is 0 Å². The first-order valence-electron chi connectivity index (χ1n) is 5.89. The Bertz CT molecular complexity index is 817. The van der Waals surface area contributed by atoms with Gasteiger partial charge in [0.05, 0.1) is 0 Å². The third-order valence-electron chi connectivity index (χ3n) is 3.40. The molecule has 1 aliphatic rings. The minimum atomic E-state index is 0.252. The van der Waals surface area contributed by atoms with Crippen LogP contribution in [0.15, 0.2) is 6.07 Å². The third-order valence-corrected chi connectivity index (χ3v) is 15.0. The summed E-state index contributed by atoms with van der Waals surface area (Å²) in [6.07, 6.45) is 0. The van der Waals surface area contributed by atoms with Gasteiger partial charge in [0.25, 0.3) is 0 Å². The van der Waals surface area contributed by atoms with Crippen LogP contribution >= 0.6 is 0 Å². The molecule has 0 saturated carbocycles. The Morgan fingerprint density at radius 2 is 1.23 bits per heavy atom. The molecule has 116 valence electrons. The molecule has 1 unspecified atom stereocenters. The monoisotopic (exact) mass is 821 g/mol. The summed E-state index contributed by atoms with van der Waals surface area (Å²) in [4.78, 5) is 0.252. The van der Waals surface area contributed by atoms with E-state index in [-0.39, 0.29) is 4.82 Å². The summed E-state index contributed by atoms with van der Waals surface area (Å²) in [7, 11) is 0. The van der Waals surface area contributed by atoms with Crippen LogP contribution < -0.4 is 36.0 Å². The molecule has 0 saturated heterocycles. The van der Waals surface area contributed by atoms with Crippen molar-refractivity contribution in [1.29, 1.82) is 0 Å². The van der Waals surface area contributed by atoms with E-state index in [1.807, 2.05) is 0 Å². The van der Waals surface area contributed by atoms with E-state index in [0.29, 0.717) is 0 Å². The summed E-state index contributed by atoms with van der Waals surface area (Å²) in [5, 5.41) is 0. The van der Waals surface area contributed by atoms with Crippen LogP contribution in [0.1, 0.15) is 15.9 Å². The van der Waals surface area contributed by atoms with Gasteiger partial charge in [-0.05, 0) is 0 Å². The van der Waals surface area contributed by atoms with Gasteiger partial charge in [0.1, 0.15) is 0 Å². The van der Waals surface area contributed by atoms with Crippen LogP contribution in [0.5, 0.6) is 11.5 Å². The van der Waals surface area contributed by atoms with Crippen molar-refractivity contribution >= 4 is 159 Å². The second-order valence-corrected chi connectivity index (χ2v) is 12.4. The molecule has 0 fully saturated rings. The number of benzene rings is 2. The van der Waals surface area contributed by atoms with Crippen molar-refractivity contribution in [2.75, 3.05) is 0 Å². The van der Waals surface area contributed by atoms with Gasteiger partial charge in [-0.15, -0.1) is 0 Å². The summed E-state index contributed by atoms with van der Waals surface area (Å²) >= 11 is 21.5. The van der Waals surface area contributed by atoms with Gasteiger partial charge in [-0.2, -0.15) is 0 Å². The maximum atomic E-state index is 6.38. The van der Waals surface area contributed by atoms with E-state index in [0.717, 1.165) is 20.4 Å². The molecule has 0 radical (unpaired) electrons. The predicted octanol–water partition coefficient (Wildman–Crippen LogP) is -7.53. The molecule has 1 atom stereocenters. The van der Waals surface area contributed by atoms with Crippen LogP contribution in [0, 0.1) is 0 Å². The number of hydrogen-bond acceptors (Lipinski definition) is 1. The zero-order chi connectivity index (χ0) is 16.3. The van der Waals surface area contributed by atoms with Crippen molar-refractivity contribution in [3.63, 3.8) is 0 Å². The molecule has 0 bridgehead atoms.